The summed E-state index contributed by atoms with van der Waals surface area (Å²) in [6, 6.07) is 0. The third-order valence-corrected chi connectivity index (χ3v) is 8.20. The van der Waals surface area contributed by atoms with Crippen molar-refractivity contribution in [3.63, 3.8) is 0 Å². The largest absolute Gasteiger partial charge is 0.396 e. The Morgan fingerprint density at radius 2 is 0.850 bits per heavy atom. The zero-order chi connectivity index (χ0) is 27.2. The number of rotatable bonds is 16. The molecule has 0 unspecified atom stereocenters. The Labute approximate surface area is 272 Å². The molecule has 3 heteroatoms. The van der Waals surface area contributed by atoms with Gasteiger partial charge in [0.15, 0.2) is 0 Å². The van der Waals surface area contributed by atoms with Crippen LogP contribution in [0, 0.1) is 11.8 Å². The molecule has 0 aromatic rings. The van der Waals surface area contributed by atoms with E-state index in [9.17, 15) is 0 Å². The van der Waals surface area contributed by atoms with Gasteiger partial charge in [0.2, 0.25) is 0 Å². The van der Waals surface area contributed by atoms with Gasteiger partial charge in [-0.1, -0.05) is 133 Å². The van der Waals surface area contributed by atoms with Crippen LogP contribution < -0.4 is 0 Å². The topological polar surface area (TPSA) is 20.2 Å². The van der Waals surface area contributed by atoms with Crippen molar-refractivity contribution in [2.45, 2.75) is 167 Å². The van der Waals surface area contributed by atoms with Gasteiger partial charge in [-0.15, -0.1) is 0 Å². The summed E-state index contributed by atoms with van der Waals surface area (Å²) < 4.78 is 0. The first-order chi connectivity index (χ1) is 18.9. The fraction of sp³-hybridized carbons (Fsp3) is 0.784. The van der Waals surface area contributed by atoms with Crippen molar-refractivity contribution < 1.29 is 39.2 Å². The van der Waals surface area contributed by atoms with E-state index in [1.165, 1.54) is 154 Å². The van der Waals surface area contributed by atoms with Crippen molar-refractivity contribution >= 4 is 0 Å². The summed E-state index contributed by atoms with van der Waals surface area (Å²) in [5.41, 5.74) is 0. The summed E-state index contributed by atoms with van der Waals surface area (Å²) in [4.78, 5) is 0. The SMILES string of the molecule is C1=CCCC1.C1=CCCC1.CCCCCCCCC[C@@H]1C=CCC1.OCCCCCCCC[C@@H]1C=CCC1.[Fe].[Fe]. The minimum atomic E-state index is 0. The van der Waals surface area contributed by atoms with Gasteiger partial charge in [-0.25, -0.2) is 0 Å². The second-order valence-corrected chi connectivity index (χ2v) is 11.9. The molecule has 2 atom stereocenters. The molecular weight excluding hydrogens is 572 g/mol. The molecule has 0 saturated heterocycles. The van der Waals surface area contributed by atoms with E-state index < -0.39 is 0 Å². The molecule has 40 heavy (non-hydrogen) atoms. The summed E-state index contributed by atoms with van der Waals surface area (Å²) >= 11 is 0. The van der Waals surface area contributed by atoms with Gasteiger partial charge >= 0.3 is 0 Å². The Morgan fingerprint density at radius 3 is 1.15 bits per heavy atom. The van der Waals surface area contributed by atoms with Crippen molar-refractivity contribution in [1.29, 1.82) is 0 Å². The van der Waals surface area contributed by atoms with E-state index in [1.54, 1.807) is 0 Å². The quantitative estimate of drug-likeness (QED) is 0.101. The monoisotopic (exact) mass is 638 g/mol. The van der Waals surface area contributed by atoms with E-state index in [1.807, 2.05) is 0 Å². The summed E-state index contributed by atoms with van der Waals surface area (Å²) in [5.74, 6) is 1.83. The minimum Gasteiger partial charge on any atom is -0.396 e. The maximum atomic E-state index is 8.60. The maximum absolute atomic E-state index is 8.60. The molecular formula is C37H66Fe2O. The second kappa shape index (κ2) is 35.2. The van der Waals surface area contributed by atoms with E-state index in [0.717, 1.165) is 18.3 Å². The van der Waals surface area contributed by atoms with Crippen molar-refractivity contribution in [2.75, 3.05) is 6.61 Å². The van der Waals surface area contributed by atoms with E-state index in [-0.39, 0.29) is 34.1 Å². The van der Waals surface area contributed by atoms with Crippen LogP contribution in [0.25, 0.3) is 0 Å². The van der Waals surface area contributed by atoms with Crippen LogP contribution in [0.5, 0.6) is 0 Å². The molecule has 0 fully saturated rings. The molecule has 0 spiro atoms. The van der Waals surface area contributed by atoms with Crippen LogP contribution in [0.1, 0.15) is 167 Å². The summed E-state index contributed by atoms with van der Waals surface area (Å²) in [7, 11) is 0. The van der Waals surface area contributed by atoms with E-state index in [4.69, 9.17) is 5.11 Å². The van der Waals surface area contributed by atoms with Crippen LogP contribution in [0.15, 0.2) is 48.6 Å². The third-order valence-electron chi connectivity index (χ3n) is 8.20. The van der Waals surface area contributed by atoms with Crippen molar-refractivity contribution in [3.8, 4) is 0 Å². The number of aliphatic hydroxyl groups excluding tert-OH is 1. The van der Waals surface area contributed by atoms with Crippen molar-refractivity contribution in [1.82, 2.24) is 0 Å². The molecule has 4 rings (SSSR count). The van der Waals surface area contributed by atoms with Crippen LogP contribution in [0.2, 0.25) is 0 Å². The van der Waals surface area contributed by atoms with Crippen molar-refractivity contribution in [2.24, 2.45) is 11.8 Å². The molecule has 0 radical (unpaired) electrons. The molecule has 4 aliphatic carbocycles. The second-order valence-electron chi connectivity index (χ2n) is 11.9. The Hall–Kier alpha value is -0.0410. The number of unbranched alkanes of at least 4 members (excludes halogenated alkanes) is 11. The van der Waals surface area contributed by atoms with Gasteiger partial charge in [-0.3, -0.25) is 0 Å². The Bertz CT molecular complexity index is 531. The number of allylic oxidation sites excluding steroid dienone is 8. The molecule has 0 saturated carbocycles. The zero-order valence-corrected chi connectivity index (χ0v) is 28.5. The normalized spacial score (nSPS) is 19.6. The molecule has 0 heterocycles. The molecule has 0 aromatic heterocycles. The van der Waals surface area contributed by atoms with Crippen molar-refractivity contribution in [3.05, 3.63) is 48.6 Å². The van der Waals surface area contributed by atoms with Crippen LogP contribution in [-0.2, 0) is 34.1 Å². The first-order valence-corrected chi connectivity index (χ1v) is 17.1. The number of hydrogen-bond donors (Lipinski definition) is 1. The molecule has 1 nitrogen and oxygen atoms in total. The third kappa shape index (κ3) is 29.5. The molecule has 1 N–H and O–H groups in total. The maximum Gasteiger partial charge on any atom is 0.0431 e. The van der Waals surface area contributed by atoms with E-state index in [2.05, 4.69) is 55.5 Å². The standard InChI is InChI=1S/C14H26.C13H24O.2C5H8.2Fe/c1-2-3-4-5-6-7-8-11-14-12-9-10-13-14;14-12-8-4-2-1-3-5-9-13-10-6-7-11-13;2*1-2-4-5-3-1;;/h9,12,14H,2-8,10-11,13H2,1H3;6,10,13-14H,1-5,7-9,11-12H2;2*1-2H,3-5H2;;/t14-;13-;;;;/m11..../s1. The molecule has 4 aliphatic rings. The zero-order valence-electron chi connectivity index (χ0n) is 26.3. The van der Waals surface area contributed by atoms with Crippen LogP contribution in [0.3, 0.4) is 0 Å². The van der Waals surface area contributed by atoms with Crippen LogP contribution >= 0.6 is 0 Å². The predicted octanol–water partition coefficient (Wildman–Crippen LogP) is 12.2. The number of hydrogen-bond acceptors (Lipinski definition) is 1. The van der Waals surface area contributed by atoms with Gasteiger partial charge in [-0.2, -0.15) is 0 Å². The molecule has 0 aliphatic heterocycles. The predicted molar refractivity (Wildman–Crippen MR) is 172 cm³/mol. The van der Waals surface area contributed by atoms with E-state index >= 15 is 0 Å². The fourth-order valence-corrected chi connectivity index (χ4v) is 5.64. The summed E-state index contributed by atoms with van der Waals surface area (Å²) in [5, 5.41) is 8.60. The average molecular weight is 639 g/mol. The van der Waals surface area contributed by atoms with Crippen LogP contribution in [-0.4, -0.2) is 11.7 Å². The fourth-order valence-electron chi connectivity index (χ4n) is 5.64. The first-order valence-electron chi connectivity index (χ1n) is 17.1. The van der Waals surface area contributed by atoms with Gasteiger partial charge in [0.25, 0.3) is 0 Å². The van der Waals surface area contributed by atoms with Gasteiger partial charge in [0.1, 0.15) is 0 Å². The molecule has 236 valence electrons. The van der Waals surface area contributed by atoms with Gasteiger partial charge in [0, 0.05) is 40.7 Å². The van der Waals surface area contributed by atoms with Gasteiger partial charge < -0.3 is 5.11 Å². The van der Waals surface area contributed by atoms with E-state index in [0.29, 0.717) is 6.61 Å². The minimum absolute atomic E-state index is 0. The Kier molecular flexibility index (Phi) is 37.0. The van der Waals surface area contributed by atoms with Gasteiger partial charge in [0.05, 0.1) is 0 Å². The first kappa shape index (κ1) is 42.1. The average Bonchev–Trinajstić information content (AvgIpc) is 3.77. The Morgan fingerprint density at radius 1 is 0.475 bits per heavy atom. The molecule has 0 amide bonds. The number of aliphatic hydroxyl groups is 1. The summed E-state index contributed by atoms with van der Waals surface area (Å²) in [6.45, 7) is 2.65. The van der Waals surface area contributed by atoms with Crippen LogP contribution in [0.4, 0.5) is 0 Å². The molecule has 0 aromatic carbocycles. The van der Waals surface area contributed by atoms with Gasteiger partial charge in [-0.05, 0) is 95.3 Å². The Balaban J connectivity index is 0. The summed E-state index contributed by atoms with van der Waals surface area (Å²) in [6.07, 6.45) is 52.6. The molecule has 0 bridgehead atoms. The smallest absolute Gasteiger partial charge is 0.0431 e.